The summed E-state index contributed by atoms with van der Waals surface area (Å²) >= 11 is 0. The van der Waals surface area contributed by atoms with E-state index in [1.54, 1.807) is 30.6 Å². The molecule has 0 aliphatic carbocycles. The Balaban J connectivity index is 2.11. The van der Waals surface area contributed by atoms with Crippen LogP contribution in [0, 0.1) is 13.8 Å². The van der Waals surface area contributed by atoms with E-state index >= 15 is 0 Å². The van der Waals surface area contributed by atoms with Gasteiger partial charge in [0.1, 0.15) is 0 Å². The largest absolute Gasteiger partial charge is 0.359 e. The van der Waals surface area contributed by atoms with Crippen LogP contribution in [-0.4, -0.2) is 10.8 Å². The zero-order valence-electron chi connectivity index (χ0n) is 12.0. The van der Waals surface area contributed by atoms with Crippen LogP contribution in [0.3, 0.4) is 0 Å². The number of allylic oxidation sites excluding steroid dienone is 2. The third kappa shape index (κ3) is 3.54. The Bertz CT molecular complexity index is 645. The van der Waals surface area contributed by atoms with Crippen LogP contribution in [0.25, 0.3) is 0 Å². The third-order valence-electron chi connectivity index (χ3n) is 3.14. The van der Waals surface area contributed by atoms with Crippen LogP contribution in [0.2, 0.25) is 0 Å². The van der Waals surface area contributed by atoms with Gasteiger partial charge < -0.3 is 5.32 Å². The molecular weight excluding hydrogens is 248 g/mol. The lowest BCUT2D eigenvalue weighted by molar-refractivity contribution is 0.104. The Morgan fingerprint density at radius 3 is 2.65 bits per heavy atom. The molecule has 102 valence electrons. The number of hydrogen-bond acceptors (Lipinski definition) is 3. The third-order valence-corrected chi connectivity index (χ3v) is 3.14. The number of aromatic nitrogens is 1. The molecule has 1 heterocycles. The van der Waals surface area contributed by atoms with Crippen molar-refractivity contribution in [1.29, 1.82) is 0 Å². The van der Waals surface area contributed by atoms with Gasteiger partial charge in [-0.3, -0.25) is 9.78 Å². The number of rotatable bonds is 4. The van der Waals surface area contributed by atoms with Gasteiger partial charge in [0.15, 0.2) is 5.78 Å². The summed E-state index contributed by atoms with van der Waals surface area (Å²) < 4.78 is 0. The SMILES string of the molecule is C/C(=C\C(=O)c1cccnc1)Nc1ccc(C)c(C)c1. The smallest absolute Gasteiger partial charge is 0.189 e. The minimum Gasteiger partial charge on any atom is -0.359 e. The van der Waals surface area contributed by atoms with E-state index in [1.165, 1.54) is 11.1 Å². The van der Waals surface area contributed by atoms with Gasteiger partial charge in [-0.15, -0.1) is 0 Å². The predicted octanol–water partition coefficient (Wildman–Crippen LogP) is 3.90. The van der Waals surface area contributed by atoms with E-state index in [-0.39, 0.29) is 5.78 Å². The summed E-state index contributed by atoms with van der Waals surface area (Å²) in [7, 11) is 0. The molecule has 2 rings (SSSR count). The molecule has 3 nitrogen and oxygen atoms in total. The number of carbonyl (C=O) groups excluding carboxylic acids is 1. The standard InChI is InChI=1S/C17H18N2O/c1-12-6-7-16(9-13(12)2)19-14(3)10-17(20)15-5-4-8-18-11-15/h4-11,19H,1-3H3/b14-10+. The quantitative estimate of drug-likeness (QED) is 0.674. The maximum atomic E-state index is 12.0. The fourth-order valence-electron chi connectivity index (χ4n) is 1.87. The molecule has 1 aromatic carbocycles. The number of nitrogens with zero attached hydrogens (tertiary/aromatic N) is 1. The van der Waals surface area contributed by atoms with Gasteiger partial charge in [0.05, 0.1) is 0 Å². The van der Waals surface area contributed by atoms with Crippen LogP contribution in [0.15, 0.2) is 54.5 Å². The van der Waals surface area contributed by atoms with Crippen LogP contribution < -0.4 is 5.32 Å². The first-order valence-corrected chi connectivity index (χ1v) is 6.53. The highest BCUT2D eigenvalue weighted by Crippen LogP contribution is 2.16. The van der Waals surface area contributed by atoms with Gasteiger partial charge in [0.25, 0.3) is 0 Å². The lowest BCUT2D eigenvalue weighted by Crippen LogP contribution is -2.02. The predicted molar refractivity (Wildman–Crippen MR) is 81.9 cm³/mol. The van der Waals surface area contributed by atoms with E-state index in [0.717, 1.165) is 11.4 Å². The zero-order chi connectivity index (χ0) is 14.5. The molecule has 0 aliphatic rings. The summed E-state index contributed by atoms with van der Waals surface area (Å²) in [6.45, 7) is 6.03. The van der Waals surface area contributed by atoms with Crippen molar-refractivity contribution in [2.75, 3.05) is 5.32 Å². The van der Waals surface area contributed by atoms with Crippen molar-refractivity contribution in [1.82, 2.24) is 4.98 Å². The second-order valence-corrected chi connectivity index (χ2v) is 4.86. The summed E-state index contributed by atoms with van der Waals surface area (Å²) in [6, 6.07) is 9.66. The van der Waals surface area contributed by atoms with Crippen LogP contribution in [0.4, 0.5) is 5.69 Å². The first kappa shape index (κ1) is 14.0. The maximum absolute atomic E-state index is 12.0. The maximum Gasteiger partial charge on any atom is 0.189 e. The van der Waals surface area contributed by atoms with Crippen molar-refractivity contribution < 1.29 is 4.79 Å². The molecule has 20 heavy (non-hydrogen) atoms. The average Bonchev–Trinajstić information content (AvgIpc) is 2.44. The molecule has 0 spiro atoms. The fraction of sp³-hybridized carbons (Fsp3) is 0.176. The molecule has 2 aromatic rings. The van der Waals surface area contributed by atoms with Gasteiger partial charge in [-0.2, -0.15) is 0 Å². The molecule has 0 amide bonds. The molecule has 0 unspecified atom stereocenters. The Kier molecular flexibility index (Phi) is 4.31. The Labute approximate surface area is 119 Å². The summed E-state index contributed by atoms with van der Waals surface area (Å²) in [4.78, 5) is 16.0. The topological polar surface area (TPSA) is 42.0 Å². The fourth-order valence-corrected chi connectivity index (χ4v) is 1.87. The highest BCUT2D eigenvalue weighted by Gasteiger charge is 2.03. The van der Waals surface area contributed by atoms with Gasteiger partial charge in [-0.25, -0.2) is 0 Å². The number of benzene rings is 1. The zero-order valence-corrected chi connectivity index (χ0v) is 12.0. The van der Waals surface area contributed by atoms with E-state index in [2.05, 4.69) is 36.3 Å². The Morgan fingerprint density at radius 1 is 1.20 bits per heavy atom. The minimum atomic E-state index is -0.0491. The number of nitrogens with one attached hydrogen (secondary N) is 1. The number of hydrogen-bond donors (Lipinski definition) is 1. The van der Waals surface area contributed by atoms with Crippen LogP contribution in [-0.2, 0) is 0 Å². The molecule has 1 N–H and O–H groups in total. The van der Waals surface area contributed by atoms with E-state index in [1.807, 2.05) is 13.0 Å². The van der Waals surface area contributed by atoms with Crippen LogP contribution in [0.1, 0.15) is 28.4 Å². The number of aryl methyl sites for hydroxylation is 2. The summed E-state index contributed by atoms with van der Waals surface area (Å²) in [5.74, 6) is -0.0491. The summed E-state index contributed by atoms with van der Waals surface area (Å²) in [5, 5.41) is 3.23. The normalized spacial score (nSPS) is 11.2. The van der Waals surface area contributed by atoms with Gasteiger partial charge >= 0.3 is 0 Å². The molecule has 0 bridgehead atoms. The monoisotopic (exact) mass is 266 g/mol. The van der Waals surface area contributed by atoms with Gasteiger partial charge in [0.2, 0.25) is 0 Å². The van der Waals surface area contributed by atoms with Crippen molar-refractivity contribution in [3.8, 4) is 0 Å². The van der Waals surface area contributed by atoms with Crippen molar-refractivity contribution in [2.45, 2.75) is 20.8 Å². The van der Waals surface area contributed by atoms with Gasteiger partial charge in [0, 0.05) is 35.4 Å². The van der Waals surface area contributed by atoms with E-state index < -0.39 is 0 Å². The molecule has 0 saturated heterocycles. The molecular formula is C17H18N2O. The molecule has 0 aliphatic heterocycles. The number of ketones is 1. The Hall–Kier alpha value is -2.42. The lowest BCUT2D eigenvalue weighted by atomic mass is 10.1. The Morgan fingerprint density at radius 2 is 2.00 bits per heavy atom. The van der Waals surface area contributed by atoms with Crippen molar-refractivity contribution in [3.63, 3.8) is 0 Å². The second-order valence-electron chi connectivity index (χ2n) is 4.86. The summed E-state index contributed by atoms with van der Waals surface area (Å²) in [6.07, 6.45) is 4.81. The van der Waals surface area contributed by atoms with Crippen molar-refractivity contribution in [3.05, 3.63) is 71.2 Å². The highest BCUT2D eigenvalue weighted by atomic mass is 16.1. The molecule has 0 saturated carbocycles. The first-order valence-electron chi connectivity index (χ1n) is 6.53. The molecule has 0 fully saturated rings. The minimum absolute atomic E-state index is 0.0491. The van der Waals surface area contributed by atoms with Crippen LogP contribution >= 0.6 is 0 Å². The van der Waals surface area contributed by atoms with Gasteiger partial charge in [-0.1, -0.05) is 6.07 Å². The van der Waals surface area contributed by atoms with Crippen molar-refractivity contribution >= 4 is 11.5 Å². The van der Waals surface area contributed by atoms with E-state index in [9.17, 15) is 4.79 Å². The van der Waals surface area contributed by atoms with E-state index in [4.69, 9.17) is 0 Å². The summed E-state index contributed by atoms with van der Waals surface area (Å²) in [5.41, 5.74) is 4.86. The molecule has 0 atom stereocenters. The molecule has 3 heteroatoms. The first-order chi connectivity index (χ1) is 9.56. The number of carbonyl (C=O) groups is 1. The average molecular weight is 266 g/mol. The van der Waals surface area contributed by atoms with Crippen LogP contribution in [0.5, 0.6) is 0 Å². The number of pyridine rings is 1. The van der Waals surface area contributed by atoms with E-state index in [0.29, 0.717) is 5.56 Å². The van der Waals surface area contributed by atoms with Crippen molar-refractivity contribution in [2.24, 2.45) is 0 Å². The van der Waals surface area contributed by atoms with Gasteiger partial charge in [-0.05, 0) is 56.2 Å². The highest BCUT2D eigenvalue weighted by molar-refractivity contribution is 6.04. The molecule has 0 radical (unpaired) electrons. The second kappa shape index (κ2) is 6.15. The lowest BCUT2D eigenvalue weighted by Gasteiger charge is -2.08. The number of anilines is 1. The molecule has 1 aromatic heterocycles.